The minimum absolute atomic E-state index is 0.0683. The summed E-state index contributed by atoms with van der Waals surface area (Å²) in [6.45, 7) is 0. The Morgan fingerprint density at radius 1 is 1.05 bits per heavy atom. The highest BCUT2D eigenvalue weighted by Crippen LogP contribution is 2.27. The topological polar surface area (TPSA) is 30.0 Å². The molecule has 0 amide bonds. The molecule has 3 rings (SSSR count). The second-order valence-corrected chi connectivity index (χ2v) is 6.13. The van der Waals surface area contributed by atoms with Crippen LogP contribution in [0.3, 0.4) is 0 Å². The van der Waals surface area contributed by atoms with Gasteiger partial charge in [-0.2, -0.15) is 0 Å². The van der Waals surface area contributed by atoms with E-state index >= 15 is 0 Å². The van der Waals surface area contributed by atoms with Gasteiger partial charge in [0.15, 0.2) is 10.8 Å². The Morgan fingerprint density at radius 3 is 2.45 bits per heavy atom. The molecule has 0 N–H and O–H groups in total. The molecule has 0 atom stereocenters. The van der Waals surface area contributed by atoms with Crippen molar-refractivity contribution in [3.63, 3.8) is 0 Å². The van der Waals surface area contributed by atoms with Gasteiger partial charge in [-0.15, -0.1) is 11.3 Å². The summed E-state index contributed by atoms with van der Waals surface area (Å²) in [7, 11) is 0. The molecule has 0 unspecified atom stereocenters. The van der Waals surface area contributed by atoms with Crippen molar-refractivity contribution in [2.75, 3.05) is 0 Å². The number of carbonyl (C=O) groups excluding carboxylic acids is 1. The zero-order valence-electron chi connectivity index (χ0n) is 10.3. The number of fused-ring (bicyclic) bond motifs is 1. The first-order chi connectivity index (χ1) is 9.65. The quantitative estimate of drug-likeness (QED) is 0.633. The molecule has 100 valence electrons. The van der Waals surface area contributed by atoms with E-state index in [9.17, 15) is 4.79 Å². The summed E-state index contributed by atoms with van der Waals surface area (Å²) in [5.41, 5.74) is 1.49. The smallest absolute Gasteiger partial charge is 0.195 e. The van der Waals surface area contributed by atoms with E-state index in [2.05, 4.69) is 4.98 Å². The number of hydrogen-bond donors (Lipinski definition) is 0. The largest absolute Gasteiger partial charge is 0.291 e. The number of ketones is 1. The van der Waals surface area contributed by atoms with Gasteiger partial charge in [-0.3, -0.25) is 4.79 Å². The van der Waals surface area contributed by atoms with Gasteiger partial charge in [0.25, 0.3) is 0 Å². The van der Waals surface area contributed by atoms with Crippen molar-refractivity contribution in [1.82, 2.24) is 4.98 Å². The van der Waals surface area contributed by atoms with E-state index in [4.69, 9.17) is 23.2 Å². The van der Waals surface area contributed by atoms with Crippen LogP contribution >= 0.6 is 34.5 Å². The standard InChI is InChI=1S/C15H9Cl2NOS/c16-10-4-3-5-11(17)9(10)8-13(19)15-18-12-6-1-2-7-14(12)20-15/h1-7H,8H2. The summed E-state index contributed by atoms with van der Waals surface area (Å²) in [5.74, 6) is -0.0683. The number of benzene rings is 2. The van der Waals surface area contributed by atoms with Crippen LogP contribution < -0.4 is 0 Å². The molecule has 0 saturated heterocycles. The minimum Gasteiger partial charge on any atom is -0.291 e. The highest BCUT2D eigenvalue weighted by Gasteiger charge is 2.16. The Hall–Kier alpha value is -1.42. The molecule has 0 fully saturated rings. The maximum atomic E-state index is 12.3. The van der Waals surface area contributed by atoms with Crippen molar-refractivity contribution in [3.05, 3.63) is 63.1 Å². The van der Waals surface area contributed by atoms with E-state index in [0.717, 1.165) is 10.2 Å². The molecule has 2 aromatic carbocycles. The molecule has 20 heavy (non-hydrogen) atoms. The highest BCUT2D eigenvalue weighted by molar-refractivity contribution is 7.20. The number of aromatic nitrogens is 1. The van der Waals surface area contributed by atoms with E-state index in [1.807, 2.05) is 24.3 Å². The molecule has 0 saturated carbocycles. The van der Waals surface area contributed by atoms with Crippen molar-refractivity contribution < 1.29 is 4.79 Å². The molecule has 0 aliphatic heterocycles. The van der Waals surface area contributed by atoms with Gasteiger partial charge in [-0.1, -0.05) is 41.4 Å². The minimum atomic E-state index is -0.0683. The van der Waals surface area contributed by atoms with Crippen LogP contribution in [0.15, 0.2) is 42.5 Å². The molecule has 3 aromatic rings. The maximum Gasteiger partial charge on any atom is 0.195 e. The molecular weight excluding hydrogens is 313 g/mol. The Morgan fingerprint density at radius 2 is 1.75 bits per heavy atom. The van der Waals surface area contributed by atoms with E-state index < -0.39 is 0 Å². The predicted octanol–water partition coefficient (Wildman–Crippen LogP) is 5.03. The molecule has 0 aliphatic carbocycles. The maximum absolute atomic E-state index is 12.3. The van der Waals surface area contributed by atoms with E-state index in [-0.39, 0.29) is 12.2 Å². The summed E-state index contributed by atoms with van der Waals surface area (Å²) in [6.07, 6.45) is 0.165. The van der Waals surface area contributed by atoms with Crippen molar-refractivity contribution in [2.24, 2.45) is 0 Å². The molecule has 1 heterocycles. The first-order valence-electron chi connectivity index (χ1n) is 5.97. The third-order valence-electron chi connectivity index (χ3n) is 2.93. The molecule has 0 bridgehead atoms. The second kappa shape index (κ2) is 5.52. The van der Waals surface area contributed by atoms with Crippen LogP contribution in [-0.4, -0.2) is 10.8 Å². The number of halogens is 2. The van der Waals surface area contributed by atoms with Crippen LogP contribution in [0.4, 0.5) is 0 Å². The number of nitrogens with zero attached hydrogens (tertiary/aromatic N) is 1. The summed E-state index contributed by atoms with van der Waals surface area (Å²) in [4.78, 5) is 16.7. The van der Waals surface area contributed by atoms with Crippen molar-refractivity contribution >= 4 is 50.5 Å². The van der Waals surface area contributed by atoms with Gasteiger partial charge < -0.3 is 0 Å². The summed E-state index contributed by atoms with van der Waals surface area (Å²) >= 11 is 13.6. The van der Waals surface area contributed by atoms with Crippen LogP contribution in [0.2, 0.25) is 10.0 Å². The number of para-hydroxylation sites is 1. The zero-order valence-corrected chi connectivity index (χ0v) is 12.6. The summed E-state index contributed by atoms with van der Waals surface area (Å²) in [5, 5.41) is 1.50. The van der Waals surface area contributed by atoms with E-state index in [1.54, 1.807) is 18.2 Å². The average molecular weight is 322 g/mol. The number of hydrogen-bond acceptors (Lipinski definition) is 3. The van der Waals surface area contributed by atoms with E-state index in [1.165, 1.54) is 11.3 Å². The zero-order chi connectivity index (χ0) is 14.1. The highest BCUT2D eigenvalue weighted by atomic mass is 35.5. The molecule has 5 heteroatoms. The summed E-state index contributed by atoms with van der Waals surface area (Å²) < 4.78 is 1.00. The Bertz CT molecular complexity index is 744. The van der Waals surface area contributed by atoms with Crippen LogP contribution in [0.5, 0.6) is 0 Å². The van der Waals surface area contributed by atoms with Gasteiger partial charge in [0.1, 0.15) is 0 Å². The molecule has 0 aliphatic rings. The van der Waals surface area contributed by atoms with Crippen LogP contribution in [0.25, 0.3) is 10.2 Å². The van der Waals surface area contributed by atoms with Crippen LogP contribution in [-0.2, 0) is 6.42 Å². The number of Topliss-reactive ketones (excluding diaryl/α,β-unsaturated/α-hetero) is 1. The fourth-order valence-electron chi connectivity index (χ4n) is 1.93. The first kappa shape index (κ1) is 13.6. The normalized spacial score (nSPS) is 10.9. The Balaban J connectivity index is 1.93. The first-order valence-corrected chi connectivity index (χ1v) is 7.54. The van der Waals surface area contributed by atoms with Crippen molar-refractivity contribution in [1.29, 1.82) is 0 Å². The molecular formula is C15H9Cl2NOS. The van der Waals surface area contributed by atoms with Gasteiger partial charge in [0.2, 0.25) is 0 Å². The third-order valence-corrected chi connectivity index (χ3v) is 4.72. The Labute approximate surface area is 130 Å². The predicted molar refractivity (Wildman–Crippen MR) is 84.1 cm³/mol. The van der Waals surface area contributed by atoms with Gasteiger partial charge in [0.05, 0.1) is 10.2 Å². The van der Waals surface area contributed by atoms with Gasteiger partial charge >= 0.3 is 0 Å². The van der Waals surface area contributed by atoms with Crippen molar-refractivity contribution in [3.8, 4) is 0 Å². The van der Waals surface area contributed by atoms with Crippen molar-refractivity contribution in [2.45, 2.75) is 6.42 Å². The average Bonchev–Trinajstić information content (AvgIpc) is 2.87. The lowest BCUT2D eigenvalue weighted by Crippen LogP contribution is -2.04. The van der Waals surface area contributed by atoms with Gasteiger partial charge in [0, 0.05) is 16.5 Å². The third kappa shape index (κ3) is 2.57. The van der Waals surface area contributed by atoms with Crippen LogP contribution in [0, 0.1) is 0 Å². The monoisotopic (exact) mass is 321 g/mol. The summed E-state index contributed by atoms with van der Waals surface area (Å²) in [6, 6.07) is 12.9. The lowest BCUT2D eigenvalue weighted by Gasteiger charge is -2.04. The molecule has 1 aromatic heterocycles. The van der Waals surface area contributed by atoms with Gasteiger partial charge in [-0.25, -0.2) is 4.98 Å². The fraction of sp³-hybridized carbons (Fsp3) is 0.0667. The van der Waals surface area contributed by atoms with E-state index in [0.29, 0.717) is 20.6 Å². The van der Waals surface area contributed by atoms with Crippen LogP contribution in [0.1, 0.15) is 15.4 Å². The van der Waals surface area contributed by atoms with Gasteiger partial charge in [-0.05, 0) is 29.8 Å². The second-order valence-electron chi connectivity index (χ2n) is 4.29. The Kier molecular flexibility index (Phi) is 3.74. The molecule has 2 nitrogen and oxygen atoms in total. The number of thiazole rings is 1. The lowest BCUT2D eigenvalue weighted by molar-refractivity contribution is 0.0993. The fourth-order valence-corrected chi connectivity index (χ4v) is 3.36. The number of rotatable bonds is 3. The SMILES string of the molecule is O=C(Cc1c(Cl)cccc1Cl)c1nc2ccccc2s1. The lowest BCUT2D eigenvalue weighted by atomic mass is 10.1. The molecule has 0 radical (unpaired) electrons. The molecule has 0 spiro atoms. The number of carbonyl (C=O) groups is 1.